The minimum absolute atomic E-state index is 0.0588. The van der Waals surface area contributed by atoms with E-state index < -0.39 is 16.4 Å². The predicted molar refractivity (Wildman–Crippen MR) is 126 cm³/mol. The van der Waals surface area contributed by atoms with Gasteiger partial charge in [0.25, 0.3) is 17.2 Å². The van der Waals surface area contributed by atoms with E-state index in [9.17, 15) is 19.7 Å². The van der Waals surface area contributed by atoms with Crippen LogP contribution < -0.4 is 10.9 Å². The Labute approximate surface area is 196 Å². The maximum absolute atomic E-state index is 12.9. The van der Waals surface area contributed by atoms with Gasteiger partial charge in [-0.05, 0) is 18.2 Å². The summed E-state index contributed by atoms with van der Waals surface area (Å²) in [6.07, 6.45) is 1.48. The summed E-state index contributed by atoms with van der Waals surface area (Å²) in [6, 6.07) is 20.7. The topological polar surface area (TPSA) is 149 Å². The van der Waals surface area contributed by atoms with Gasteiger partial charge >= 0.3 is 0 Å². The van der Waals surface area contributed by atoms with Crippen molar-refractivity contribution in [3.8, 4) is 28.7 Å². The van der Waals surface area contributed by atoms with E-state index in [0.717, 1.165) is 5.56 Å². The molecule has 0 aliphatic rings. The van der Waals surface area contributed by atoms with Crippen molar-refractivity contribution in [3.05, 3.63) is 111 Å². The highest BCUT2D eigenvalue weighted by molar-refractivity contribution is 6.04. The lowest BCUT2D eigenvalue weighted by atomic mass is 10.1. The van der Waals surface area contributed by atoms with Gasteiger partial charge in [0.15, 0.2) is 5.76 Å². The quantitative estimate of drug-likeness (QED) is 0.282. The van der Waals surface area contributed by atoms with Gasteiger partial charge in [0.1, 0.15) is 11.5 Å². The third-order valence-corrected chi connectivity index (χ3v) is 5.04. The first-order valence-electron chi connectivity index (χ1n) is 10.3. The molecule has 0 aliphatic carbocycles. The van der Waals surface area contributed by atoms with Crippen molar-refractivity contribution in [1.29, 1.82) is 0 Å². The number of aromatic amines is 1. The summed E-state index contributed by atoms with van der Waals surface area (Å²) in [5.74, 6) is 0.0448. The second-order valence-electron chi connectivity index (χ2n) is 7.39. The van der Waals surface area contributed by atoms with Crippen LogP contribution in [0.1, 0.15) is 10.4 Å². The molecule has 3 aromatic heterocycles. The molecular formula is C24H16N6O5. The number of benzene rings is 2. The molecule has 0 aliphatic heterocycles. The number of hydrogen-bond acceptors (Lipinski definition) is 7. The van der Waals surface area contributed by atoms with Crippen LogP contribution in [0, 0.1) is 10.1 Å². The van der Waals surface area contributed by atoms with Crippen molar-refractivity contribution in [2.24, 2.45) is 0 Å². The van der Waals surface area contributed by atoms with Crippen LogP contribution >= 0.6 is 0 Å². The Morgan fingerprint density at radius 1 is 1.00 bits per heavy atom. The minimum Gasteiger partial charge on any atom is -0.463 e. The first-order valence-corrected chi connectivity index (χ1v) is 10.3. The van der Waals surface area contributed by atoms with E-state index in [1.807, 2.05) is 30.3 Å². The number of rotatable bonds is 6. The van der Waals surface area contributed by atoms with Crippen molar-refractivity contribution in [1.82, 2.24) is 19.7 Å². The summed E-state index contributed by atoms with van der Waals surface area (Å²) in [6.45, 7) is 0. The Hall–Kier alpha value is -5.32. The number of aromatic nitrogens is 4. The summed E-state index contributed by atoms with van der Waals surface area (Å²) in [5, 5.41) is 18.2. The van der Waals surface area contributed by atoms with Crippen molar-refractivity contribution in [3.63, 3.8) is 0 Å². The third-order valence-electron chi connectivity index (χ3n) is 5.04. The molecule has 11 heteroatoms. The van der Waals surface area contributed by atoms with Gasteiger partial charge in [0.2, 0.25) is 5.95 Å². The Balaban J connectivity index is 1.59. The number of hydrogen-bond donors (Lipinski definition) is 2. The molecule has 1 amide bonds. The van der Waals surface area contributed by atoms with Crippen LogP contribution in [-0.4, -0.2) is 30.6 Å². The average molecular weight is 468 g/mol. The van der Waals surface area contributed by atoms with E-state index in [1.165, 1.54) is 41.3 Å². The Morgan fingerprint density at radius 3 is 2.57 bits per heavy atom. The molecule has 0 radical (unpaired) electrons. The fourth-order valence-corrected chi connectivity index (χ4v) is 3.43. The first kappa shape index (κ1) is 21.5. The van der Waals surface area contributed by atoms with Crippen molar-refractivity contribution >= 4 is 17.4 Å². The van der Waals surface area contributed by atoms with Crippen molar-refractivity contribution < 1.29 is 14.1 Å². The van der Waals surface area contributed by atoms with Crippen LogP contribution in [0.5, 0.6) is 0 Å². The van der Waals surface area contributed by atoms with E-state index in [1.54, 1.807) is 18.2 Å². The molecule has 0 bridgehead atoms. The number of nitro benzene ring substituents is 1. The van der Waals surface area contributed by atoms with Gasteiger partial charge in [-0.1, -0.05) is 36.4 Å². The van der Waals surface area contributed by atoms with Gasteiger partial charge in [-0.2, -0.15) is 9.78 Å². The van der Waals surface area contributed by atoms with Gasteiger partial charge in [-0.25, -0.2) is 4.98 Å². The molecule has 0 spiro atoms. The van der Waals surface area contributed by atoms with E-state index in [4.69, 9.17) is 4.42 Å². The summed E-state index contributed by atoms with van der Waals surface area (Å²) >= 11 is 0. The van der Waals surface area contributed by atoms with Gasteiger partial charge in [0, 0.05) is 35.4 Å². The minimum atomic E-state index is -0.609. The largest absolute Gasteiger partial charge is 0.463 e. The number of anilines is 1. The Bertz CT molecular complexity index is 1590. The number of nitrogens with zero attached hydrogens (tertiary/aromatic N) is 4. The lowest BCUT2D eigenvalue weighted by Crippen LogP contribution is -2.19. The van der Waals surface area contributed by atoms with Crippen LogP contribution in [0.15, 0.2) is 94.3 Å². The molecule has 5 rings (SSSR count). The molecule has 0 fully saturated rings. The summed E-state index contributed by atoms with van der Waals surface area (Å²) in [7, 11) is 0. The molecule has 11 nitrogen and oxygen atoms in total. The zero-order chi connectivity index (χ0) is 24.4. The van der Waals surface area contributed by atoms with Gasteiger partial charge < -0.3 is 9.73 Å². The monoisotopic (exact) mass is 468 g/mol. The van der Waals surface area contributed by atoms with E-state index in [0.29, 0.717) is 17.1 Å². The second kappa shape index (κ2) is 8.90. The number of carbonyl (C=O) groups is 1. The number of nitro groups is 1. The molecule has 172 valence electrons. The molecule has 5 aromatic rings. The van der Waals surface area contributed by atoms with Gasteiger partial charge in [-0.15, -0.1) is 0 Å². The molecular weight excluding hydrogens is 452 g/mol. The first-order chi connectivity index (χ1) is 17.0. The van der Waals surface area contributed by atoms with E-state index in [-0.39, 0.29) is 23.0 Å². The van der Waals surface area contributed by atoms with E-state index in [2.05, 4.69) is 20.4 Å². The number of H-pyrrole nitrogens is 1. The lowest BCUT2D eigenvalue weighted by Gasteiger charge is -2.09. The Morgan fingerprint density at radius 2 is 1.83 bits per heavy atom. The summed E-state index contributed by atoms with van der Waals surface area (Å²) < 4.78 is 6.68. The second-order valence-corrected chi connectivity index (χ2v) is 7.39. The van der Waals surface area contributed by atoms with Gasteiger partial charge in [0.05, 0.1) is 16.9 Å². The summed E-state index contributed by atoms with van der Waals surface area (Å²) in [5.41, 5.74) is 0.947. The highest BCUT2D eigenvalue weighted by Crippen LogP contribution is 2.25. The van der Waals surface area contributed by atoms with Crippen molar-refractivity contribution in [2.45, 2.75) is 0 Å². The predicted octanol–water partition coefficient (Wildman–Crippen LogP) is 4.04. The number of amides is 1. The molecule has 0 unspecified atom stereocenters. The molecule has 2 aromatic carbocycles. The van der Waals surface area contributed by atoms with Crippen LogP contribution in [0.25, 0.3) is 28.7 Å². The zero-order valence-electron chi connectivity index (χ0n) is 17.9. The fraction of sp³-hybridized carbons (Fsp3) is 0. The van der Waals surface area contributed by atoms with Crippen LogP contribution in [0.2, 0.25) is 0 Å². The molecule has 0 saturated carbocycles. The van der Waals surface area contributed by atoms with Crippen molar-refractivity contribution in [2.75, 3.05) is 5.32 Å². The number of non-ortho nitro benzene ring substituents is 1. The molecule has 3 heterocycles. The van der Waals surface area contributed by atoms with Crippen LogP contribution in [0.4, 0.5) is 11.5 Å². The number of furan rings is 1. The third kappa shape index (κ3) is 4.46. The number of carbonyl (C=O) groups excluding carboxylic acids is 1. The standard InChI is InChI=1S/C24H16N6O5/c31-22-14-18(15-6-2-1-3-7-15)25-24(27-22)29-21(13-19(28-29)20-10-5-11-35-20)26-23(32)16-8-4-9-17(12-16)30(33)34/h1-14H,(H,26,32)(H,25,27,31). The van der Waals surface area contributed by atoms with Crippen LogP contribution in [-0.2, 0) is 0 Å². The summed E-state index contributed by atoms with van der Waals surface area (Å²) in [4.78, 5) is 43.0. The van der Waals surface area contributed by atoms with Crippen LogP contribution in [0.3, 0.4) is 0 Å². The normalized spacial score (nSPS) is 10.7. The molecule has 2 N–H and O–H groups in total. The molecule has 0 saturated heterocycles. The maximum atomic E-state index is 12.9. The fourth-order valence-electron chi connectivity index (χ4n) is 3.43. The lowest BCUT2D eigenvalue weighted by molar-refractivity contribution is -0.384. The van der Waals surface area contributed by atoms with E-state index >= 15 is 0 Å². The Kier molecular flexibility index (Phi) is 5.47. The van der Waals surface area contributed by atoms with Gasteiger partial charge in [-0.3, -0.25) is 24.7 Å². The maximum Gasteiger partial charge on any atom is 0.270 e. The zero-order valence-corrected chi connectivity index (χ0v) is 17.9. The SMILES string of the molecule is O=C(Nc1cc(-c2ccco2)nn1-c1nc(-c2ccccc2)cc(=O)[nH]1)c1cccc([N+](=O)[O-])c1. The smallest absolute Gasteiger partial charge is 0.270 e. The molecule has 35 heavy (non-hydrogen) atoms. The average Bonchev–Trinajstić information content (AvgIpc) is 3.55. The highest BCUT2D eigenvalue weighted by atomic mass is 16.6. The number of nitrogens with one attached hydrogen (secondary N) is 2. The molecule has 0 atom stereocenters. The highest BCUT2D eigenvalue weighted by Gasteiger charge is 2.19.